The van der Waals surface area contributed by atoms with Crippen LogP contribution < -0.4 is 11.1 Å². The molecule has 3 N–H and O–H groups in total. The van der Waals surface area contributed by atoms with E-state index in [1.165, 1.54) is 6.20 Å². The number of anilines is 1. The molecule has 4 heteroatoms. The minimum atomic E-state index is -0.181. The van der Waals surface area contributed by atoms with Crippen molar-refractivity contribution < 1.29 is 4.79 Å². The van der Waals surface area contributed by atoms with Crippen LogP contribution in [0.3, 0.4) is 0 Å². The third-order valence-corrected chi connectivity index (χ3v) is 2.17. The Morgan fingerprint density at radius 1 is 1.46 bits per heavy atom. The van der Waals surface area contributed by atoms with Crippen LogP contribution in [0.4, 0.5) is 5.69 Å². The molecule has 1 aromatic rings. The van der Waals surface area contributed by atoms with Crippen molar-refractivity contribution in [1.29, 1.82) is 0 Å². The lowest BCUT2D eigenvalue weighted by atomic mass is 10.1. The topological polar surface area (TPSA) is 55.1 Å². The molecule has 0 saturated carbocycles. The zero-order chi connectivity index (χ0) is 9.42. The highest BCUT2D eigenvalue weighted by Gasteiger charge is 2.23. The molecule has 1 aliphatic heterocycles. The maximum absolute atomic E-state index is 11.3. The van der Waals surface area contributed by atoms with Crippen molar-refractivity contribution in [2.75, 3.05) is 5.32 Å². The Bertz CT molecular complexity index is 412. The van der Waals surface area contributed by atoms with Crippen molar-refractivity contribution in [2.45, 2.75) is 0 Å². The van der Waals surface area contributed by atoms with Gasteiger partial charge in [0.25, 0.3) is 5.91 Å². The molecule has 0 spiro atoms. The van der Waals surface area contributed by atoms with Gasteiger partial charge in [-0.3, -0.25) is 4.79 Å². The van der Waals surface area contributed by atoms with Crippen molar-refractivity contribution in [3.63, 3.8) is 0 Å². The summed E-state index contributed by atoms with van der Waals surface area (Å²) in [5.74, 6) is -0.181. The number of halogens is 1. The summed E-state index contributed by atoms with van der Waals surface area (Å²) in [6.45, 7) is 0. The number of fused-ring (bicyclic) bond motifs is 1. The van der Waals surface area contributed by atoms with E-state index >= 15 is 0 Å². The van der Waals surface area contributed by atoms with Gasteiger partial charge in [-0.05, 0) is 18.2 Å². The van der Waals surface area contributed by atoms with E-state index in [1.54, 1.807) is 18.2 Å². The number of carbonyl (C=O) groups is 1. The van der Waals surface area contributed by atoms with Crippen LogP contribution in [0.5, 0.6) is 0 Å². The number of rotatable bonds is 0. The van der Waals surface area contributed by atoms with Crippen LogP contribution in [0.25, 0.3) is 5.57 Å². The van der Waals surface area contributed by atoms with Gasteiger partial charge < -0.3 is 11.1 Å². The van der Waals surface area contributed by atoms with E-state index in [-0.39, 0.29) is 5.91 Å². The fourth-order valence-electron chi connectivity index (χ4n) is 1.33. The van der Waals surface area contributed by atoms with E-state index < -0.39 is 0 Å². The smallest absolute Gasteiger partial charge is 0.257 e. The fourth-order valence-corrected chi connectivity index (χ4v) is 1.50. The minimum Gasteiger partial charge on any atom is -0.404 e. The first-order valence-corrected chi connectivity index (χ1v) is 4.13. The molecule has 0 aromatic heterocycles. The van der Waals surface area contributed by atoms with Crippen LogP contribution in [0, 0.1) is 0 Å². The highest BCUT2D eigenvalue weighted by atomic mass is 35.5. The van der Waals surface area contributed by atoms with Gasteiger partial charge in [-0.1, -0.05) is 11.6 Å². The molecule has 0 fully saturated rings. The van der Waals surface area contributed by atoms with Gasteiger partial charge in [0.05, 0.1) is 5.57 Å². The molecule has 0 aliphatic carbocycles. The highest BCUT2D eigenvalue weighted by Crippen LogP contribution is 2.32. The summed E-state index contributed by atoms with van der Waals surface area (Å²) in [6.07, 6.45) is 1.29. The van der Waals surface area contributed by atoms with Gasteiger partial charge >= 0.3 is 0 Å². The third kappa shape index (κ3) is 1.17. The summed E-state index contributed by atoms with van der Waals surface area (Å²) < 4.78 is 0. The zero-order valence-corrected chi connectivity index (χ0v) is 7.43. The first kappa shape index (κ1) is 8.13. The van der Waals surface area contributed by atoms with E-state index in [0.717, 1.165) is 11.3 Å². The van der Waals surface area contributed by atoms with Crippen LogP contribution in [0.1, 0.15) is 5.56 Å². The largest absolute Gasteiger partial charge is 0.404 e. The first-order chi connectivity index (χ1) is 6.22. The Morgan fingerprint density at radius 3 is 2.92 bits per heavy atom. The van der Waals surface area contributed by atoms with Gasteiger partial charge in [0, 0.05) is 22.5 Å². The summed E-state index contributed by atoms with van der Waals surface area (Å²) in [5, 5.41) is 3.27. The van der Waals surface area contributed by atoms with Crippen molar-refractivity contribution in [2.24, 2.45) is 5.73 Å². The predicted octanol–water partition coefficient (Wildman–Crippen LogP) is 1.59. The van der Waals surface area contributed by atoms with Crippen molar-refractivity contribution >= 4 is 28.8 Å². The summed E-state index contributed by atoms with van der Waals surface area (Å²) in [6, 6.07) is 5.19. The molecular weight excluding hydrogens is 188 g/mol. The van der Waals surface area contributed by atoms with Gasteiger partial charge in [-0.15, -0.1) is 0 Å². The van der Waals surface area contributed by atoms with Crippen LogP contribution in [-0.4, -0.2) is 5.91 Å². The quantitative estimate of drug-likeness (QED) is 0.617. The Hall–Kier alpha value is -1.48. The van der Waals surface area contributed by atoms with Crippen LogP contribution in [0.15, 0.2) is 24.4 Å². The van der Waals surface area contributed by atoms with Gasteiger partial charge in [0.15, 0.2) is 0 Å². The monoisotopic (exact) mass is 194 g/mol. The number of carbonyl (C=O) groups excluding carboxylic acids is 1. The van der Waals surface area contributed by atoms with Gasteiger partial charge in [0.2, 0.25) is 0 Å². The molecule has 13 heavy (non-hydrogen) atoms. The Morgan fingerprint density at radius 2 is 2.23 bits per heavy atom. The molecule has 0 radical (unpaired) electrons. The molecule has 1 heterocycles. The molecule has 3 nitrogen and oxygen atoms in total. The standard InChI is InChI=1S/C9H7ClN2O/c10-5-1-2-8-6(3-5)7(4-11)9(13)12-8/h1-4H,11H2,(H,12,13)/b7-4+. The maximum atomic E-state index is 11.3. The lowest BCUT2D eigenvalue weighted by Crippen LogP contribution is -2.04. The molecular formula is C9H7ClN2O. The predicted molar refractivity (Wildman–Crippen MR) is 52.2 cm³/mol. The average Bonchev–Trinajstić information content (AvgIpc) is 2.40. The second-order valence-corrected chi connectivity index (χ2v) is 3.16. The van der Waals surface area contributed by atoms with Crippen LogP contribution >= 0.6 is 11.6 Å². The lowest BCUT2D eigenvalue weighted by molar-refractivity contribution is -0.110. The normalized spacial score (nSPS) is 17.3. The molecule has 1 aromatic carbocycles. The van der Waals surface area contributed by atoms with Crippen LogP contribution in [-0.2, 0) is 4.79 Å². The SMILES string of the molecule is N/C=C1/C(=O)Nc2ccc(Cl)cc21. The molecule has 0 bridgehead atoms. The Labute approximate surface area is 80.2 Å². The minimum absolute atomic E-state index is 0.181. The summed E-state index contributed by atoms with van der Waals surface area (Å²) in [5.41, 5.74) is 7.31. The van der Waals surface area contributed by atoms with Crippen molar-refractivity contribution in [1.82, 2.24) is 0 Å². The second-order valence-electron chi connectivity index (χ2n) is 2.72. The Balaban J connectivity index is 2.63. The van der Waals surface area contributed by atoms with Gasteiger partial charge in [-0.2, -0.15) is 0 Å². The number of benzene rings is 1. The summed E-state index contributed by atoms with van der Waals surface area (Å²) >= 11 is 5.79. The molecule has 2 rings (SSSR count). The molecule has 0 atom stereocenters. The molecule has 1 amide bonds. The lowest BCUT2D eigenvalue weighted by Gasteiger charge is -1.97. The van der Waals surface area contributed by atoms with Crippen molar-refractivity contribution in [3.05, 3.63) is 35.0 Å². The van der Waals surface area contributed by atoms with Gasteiger partial charge in [-0.25, -0.2) is 0 Å². The number of amides is 1. The summed E-state index contributed by atoms with van der Waals surface area (Å²) in [7, 11) is 0. The van der Waals surface area contributed by atoms with Crippen molar-refractivity contribution in [3.8, 4) is 0 Å². The zero-order valence-electron chi connectivity index (χ0n) is 6.67. The van der Waals surface area contributed by atoms with E-state index in [2.05, 4.69) is 5.32 Å². The van der Waals surface area contributed by atoms with E-state index in [1.807, 2.05) is 0 Å². The molecule has 66 valence electrons. The molecule has 1 aliphatic rings. The van der Waals surface area contributed by atoms with E-state index in [9.17, 15) is 4.79 Å². The average molecular weight is 195 g/mol. The van der Waals surface area contributed by atoms with Crippen LogP contribution in [0.2, 0.25) is 5.02 Å². The number of nitrogens with two attached hydrogens (primary N) is 1. The summed E-state index contributed by atoms with van der Waals surface area (Å²) in [4.78, 5) is 11.3. The fraction of sp³-hybridized carbons (Fsp3) is 0. The maximum Gasteiger partial charge on any atom is 0.257 e. The highest BCUT2D eigenvalue weighted by molar-refractivity contribution is 6.34. The second kappa shape index (κ2) is 2.78. The molecule has 0 saturated heterocycles. The van der Waals surface area contributed by atoms with E-state index in [4.69, 9.17) is 17.3 Å². The first-order valence-electron chi connectivity index (χ1n) is 3.75. The number of nitrogens with one attached hydrogen (secondary N) is 1. The third-order valence-electron chi connectivity index (χ3n) is 1.93. The van der Waals surface area contributed by atoms with Gasteiger partial charge in [0.1, 0.15) is 0 Å². The van der Waals surface area contributed by atoms with E-state index in [0.29, 0.717) is 10.6 Å². The number of hydrogen-bond donors (Lipinski definition) is 2. The Kier molecular flexibility index (Phi) is 1.74. The number of hydrogen-bond acceptors (Lipinski definition) is 2. The molecule has 0 unspecified atom stereocenters.